The molecule has 5 heteroatoms. The number of benzene rings is 2. The van der Waals surface area contributed by atoms with Crippen molar-refractivity contribution < 1.29 is 23.8 Å². The van der Waals surface area contributed by atoms with E-state index < -0.39 is 11.9 Å². The minimum Gasteiger partial charge on any atom is -0.493 e. The van der Waals surface area contributed by atoms with Gasteiger partial charge in [0.15, 0.2) is 11.5 Å². The van der Waals surface area contributed by atoms with Gasteiger partial charge < -0.3 is 14.2 Å². The highest BCUT2D eigenvalue weighted by Crippen LogP contribution is 2.37. The van der Waals surface area contributed by atoms with Gasteiger partial charge in [-0.25, -0.2) is 9.59 Å². The summed E-state index contributed by atoms with van der Waals surface area (Å²) in [4.78, 5) is 23.5. The van der Waals surface area contributed by atoms with E-state index in [1.807, 2.05) is 0 Å². The first-order valence-electron chi connectivity index (χ1n) is 7.19. The van der Waals surface area contributed by atoms with Gasteiger partial charge in [-0.3, -0.25) is 0 Å². The lowest BCUT2D eigenvalue weighted by Crippen LogP contribution is -2.10. The van der Waals surface area contributed by atoms with Crippen LogP contribution in [0.1, 0.15) is 13.8 Å². The molecule has 0 atom stereocenters. The molecule has 0 saturated carbocycles. The Balaban J connectivity index is 2.48. The summed E-state index contributed by atoms with van der Waals surface area (Å²) in [6.07, 6.45) is 0. The molecular weight excluding hydrogens is 308 g/mol. The average molecular weight is 326 g/mol. The standard InChI is InChI=1S/C19H18O5/c1-11(2)18(20)23-14-7-8-15-13(10-14)6-9-16(22-5)17(15)24-19(21)12(3)4/h6-10H,1,3H2,2,4-5H3. The fraction of sp³-hybridized carbons (Fsp3) is 0.158. The largest absolute Gasteiger partial charge is 0.493 e. The van der Waals surface area contributed by atoms with Gasteiger partial charge in [-0.15, -0.1) is 0 Å². The highest BCUT2D eigenvalue weighted by Gasteiger charge is 2.15. The van der Waals surface area contributed by atoms with Crippen LogP contribution in [-0.2, 0) is 9.59 Å². The Bertz CT molecular complexity index is 848. The van der Waals surface area contributed by atoms with Gasteiger partial charge in [-0.05, 0) is 43.5 Å². The maximum atomic E-state index is 11.9. The molecule has 0 aliphatic rings. The van der Waals surface area contributed by atoms with Gasteiger partial charge in [-0.2, -0.15) is 0 Å². The fourth-order valence-corrected chi connectivity index (χ4v) is 1.96. The van der Waals surface area contributed by atoms with Crippen LogP contribution >= 0.6 is 0 Å². The Labute approximate surface area is 140 Å². The first kappa shape index (κ1) is 17.3. The predicted octanol–water partition coefficient (Wildman–Crippen LogP) is 3.81. The molecule has 0 aromatic heterocycles. The highest BCUT2D eigenvalue weighted by atomic mass is 16.6. The summed E-state index contributed by atoms with van der Waals surface area (Å²) < 4.78 is 15.8. The molecule has 124 valence electrons. The Morgan fingerprint density at radius 1 is 0.917 bits per heavy atom. The number of carbonyl (C=O) groups is 2. The maximum absolute atomic E-state index is 11.9. The Morgan fingerprint density at radius 2 is 1.54 bits per heavy atom. The number of carbonyl (C=O) groups excluding carboxylic acids is 2. The van der Waals surface area contributed by atoms with E-state index in [1.54, 1.807) is 44.2 Å². The molecule has 0 radical (unpaired) electrons. The van der Waals surface area contributed by atoms with E-state index in [9.17, 15) is 9.59 Å². The van der Waals surface area contributed by atoms with Crippen LogP contribution in [0.15, 0.2) is 54.6 Å². The van der Waals surface area contributed by atoms with Crippen LogP contribution in [0.2, 0.25) is 0 Å². The quantitative estimate of drug-likeness (QED) is 0.475. The number of rotatable bonds is 5. The molecule has 0 amide bonds. The molecule has 0 spiro atoms. The molecule has 2 aromatic rings. The molecule has 0 fully saturated rings. The smallest absolute Gasteiger partial charge is 0.338 e. The molecule has 0 heterocycles. The third-order valence-electron chi connectivity index (χ3n) is 3.23. The maximum Gasteiger partial charge on any atom is 0.338 e. The molecule has 24 heavy (non-hydrogen) atoms. The Morgan fingerprint density at radius 3 is 2.12 bits per heavy atom. The minimum atomic E-state index is -0.543. The SMILES string of the molecule is C=C(C)C(=O)Oc1ccc2c(OC(=O)C(=C)C)c(OC)ccc2c1. The monoisotopic (exact) mass is 326 g/mol. The average Bonchev–Trinajstić information content (AvgIpc) is 2.54. The second-order valence-corrected chi connectivity index (χ2v) is 5.32. The Hall–Kier alpha value is -3.08. The van der Waals surface area contributed by atoms with Gasteiger partial charge in [0.2, 0.25) is 0 Å². The Kier molecular flexibility index (Phi) is 5.04. The number of methoxy groups -OCH3 is 1. The molecular formula is C19H18O5. The van der Waals surface area contributed by atoms with Crippen LogP contribution in [-0.4, -0.2) is 19.0 Å². The van der Waals surface area contributed by atoms with Crippen molar-refractivity contribution in [3.8, 4) is 17.2 Å². The van der Waals surface area contributed by atoms with Gasteiger partial charge in [0.1, 0.15) is 5.75 Å². The zero-order valence-corrected chi connectivity index (χ0v) is 13.8. The van der Waals surface area contributed by atoms with Gasteiger partial charge >= 0.3 is 11.9 Å². The van der Waals surface area contributed by atoms with E-state index in [0.717, 1.165) is 5.39 Å². The van der Waals surface area contributed by atoms with Crippen LogP contribution in [0.5, 0.6) is 17.2 Å². The molecule has 0 saturated heterocycles. The number of hydrogen-bond donors (Lipinski definition) is 0. The highest BCUT2D eigenvalue weighted by molar-refractivity contribution is 5.97. The second kappa shape index (κ2) is 7.00. The summed E-state index contributed by atoms with van der Waals surface area (Å²) in [6.45, 7) is 10.2. The van der Waals surface area contributed by atoms with Gasteiger partial charge in [0, 0.05) is 16.5 Å². The molecule has 0 unspecified atom stereocenters. The number of ether oxygens (including phenoxy) is 3. The van der Waals surface area contributed by atoms with Crippen LogP contribution in [0, 0.1) is 0 Å². The molecule has 0 aliphatic carbocycles. The number of hydrogen-bond acceptors (Lipinski definition) is 5. The summed E-state index contributed by atoms with van der Waals surface area (Å²) in [5, 5.41) is 1.38. The molecule has 2 rings (SSSR count). The third-order valence-corrected chi connectivity index (χ3v) is 3.23. The summed E-state index contributed by atoms with van der Waals surface area (Å²) in [7, 11) is 1.49. The lowest BCUT2D eigenvalue weighted by molar-refractivity contribution is -0.130. The number of esters is 2. The summed E-state index contributed by atoms with van der Waals surface area (Å²) in [6, 6.07) is 8.44. The van der Waals surface area contributed by atoms with E-state index in [1.165, 1.54) is 7.11 Å². The summed E-state index contributed by atoms with van der Waals surface area (Å²) >= 11 is 0. The lowest BCUT2D eigenvalue weighted by Gasteiger charge is -2.13. The first-order valence-corrected chi connectivity index (χ1v) is 7.19. The van der Waals surface area contributed by atoms with Crippen LogP contribution < -0.4 is 14.2 Å². The number of fused-ring (bicyclic) bond motifs is 1. The van der Waals surface area contributed by atoms with E-state index in [2.05, 4.69) is 13.2 Å². The van der Waals surface area contributed by atoms with Gasteiger partial charge in [0.25, 0.3) is 0 Å². The molecule has 0 bridgehead atoms. The van der Waals surface area contributed by atoms with E-state index in [4.69, 9.17) is 14.2 Å². The van der Waals surface area contributed by atoms with E-state index in [-0.39, 0.29) is 5.57 Å². The molecule has 0 aliphatic heterocycles. The normalized spacial score (nSPS) is 10.1. The lowest BCUT2D eigenvalue weighted by atomic mass is 10.1. The summed E-state index contributed by atoms with van der Waals surface area (Å²) in [5.74, 6) is 0.0396. The van der Waals surface area contributed by atoms with Gasteiger partial charge in [0.05, 0.1) is 7.11 Å². The molecule has 2 aromatic carbocycles. The minimum absolute atomic E-state index is 0.279. The third kappa shape index (κ3) is 3.63. The van der Waals surface area contributed by atoms with Crippen molar-refractivity contribution in [2.24, 2.45) is 0 Å². The van der Waals surface area contributed by atoms with Crippen molar-refractivity contribution in [2.75, 3.05) is 7.11 Å². The van der Waals surface area contributed by atoms with Gasteiger partial charge in [-0.1, -0.05) is 19.2 Å². The fourth-order valence-electron chi connectivity index (χ4n) is 1.96. The van der Waals surface area contributed by atoms with Crippen molar-refractivity contribution in [3.05, 3.63) is 54.6 Å². The van der Waals surface area contributed by atoms with Crippen molar-refractivity contribution in [1.29, 1.82) is 0 Å². The van der Waals surface area contributed by atoms with Crippen molar-refractivity contribution in [3.63, 3.8) is 0 Å². The predicted molar refractivity (Wildman–Crippen MR) is 91.4 cm³/mol. The van der Waals surface area contributed by atoms with Crippen molar-refractivity contribution in [1.82, 2.24) is 0 Å². The van der Waals surface area contributed by atoms with Crippen molar-refractivity contribution in [2.45, 2.75) is 13.8 Å². The zero-order valence-electron chi connectivity index (χ0n) is 13.8. The van der Waals surface area contributed by atoms with Crippen LogP contribution in [0.25, 0.3) is 10.8 Å². The summed E-state index contributed by atoms with van der Waals surface area (Å²) in [5.41, 5.74) is 0.585. The topological polar surface area (TPSA) is 61.8 Å². The van der Waals surface area contributed by atoms with Crippen LogP contribution in [0.3, 0.4) is 0 Å². The molecule has 0 N–H and O–H groups in total. The van der Waals surface area contributed by atoms with Crippen molar-refractivity contribution >= 4 is 22.7 Å². The first-order chi connectivity index (χ1) is 11.3. The molecule has 5 nitrogen and oxygen atoms in total. The van der Waals surface area contributed by atoms with Crippen LogP contribution in [0.4, 0.5) is 0 Å². The zero-order chi connectivity index (χ0) is 17.9. The van der Waals surface area contributed by atoms with E-state index in [0.29, 0.717) is 28.2 Å². The second-order valence-electron chi connectivity index (χ2n) is 5.32. The van der Waals surface area contributed by atoms with E-state index >= 15 is 0 Å².